The van der Waals surface area contributed by atoms with E-state index in [0.29, 0.717) is 30.0 Å². The predicted octanol–water partition coefficient (Wildman–Crippen LogP) is 6.44. The average molecular weight is 585 g/mol. The van der Waals surface area contributed by atoms with Crippen LogP contribution in [0.4, 0.5) is 10.9 Å². The number of aromatic nitrogens is 2. The van der Waals surface area contributed by atoms with Crippen LogP contribution in [0.1, 0.15) is 51.9 Å². The van der Waals surface area contributed by atoms with Gasteiger partial charge in [-0.25, -0.2) is 9.97 Å². The van der Waals surface area contributed by atoms with Crippen LogP contribution < -0.4 is 9.80 Å². The Labute approximate surface area is 250 Å². The molecule has 2 aliphatic heterocycles. The molecule has 3 aromatic rings. The lowest BCUT2D eigenvalue weighted by molar-refractivity contribution is -0.142. The Kier molecular flexibility index (Phi) is 8.20. The highest BCUT2D eigenvalue weighted by molar-refractivity contribution is 7.14. The third-order valence-corrected chi connectivity index (χ3v) is 9.96. The van der Waals surface area contributed by atoms with E-state index in [2.05, 4.69) is 11.1 Å². The lowest BCUT2D eigenvalue weighted by Gasteiger charge is -2.34. The molecule has 0 spiro atoms. The van der Waals surface area contributed by atoms with Crippen LogP contribution in [0, 0.1) is 23.7 Å². The van der Waals surface area contributed by atoms with Gasteiger partial charge in [0.25, 0.3) is 0 Å². The van der Waals surface area contributed by atoms with Gasteiger partial charge in [-0.1, -0.05) is 69.0 Å². The monoisotopic (exact) mass is 584 g/mol. The van der Waals surface area contributed by atoms with Crippen LogP contribution in [-0.4, -0.2) is 45.9 Å². The van der Waals surface area contributed by atoms with Crippen molar-refractivity contribution in [2.75, 3.05) is 22.9 Å². The molecule has 2 aromatic heterocycles. The third-order valence-electron chi connectivity index (χ3n) is 9.10. The van der Waals surface area contributed by atoms with Gasteiger partial charge in [-0.05, 0) is 42.4 Å². The molecule has 3 atom stereocenters. The molecule has 2 fully saturated rings. The Balaban J connectivity index is 1.28. The fraction of sp³-hybridized carbons (Fsp3) is 0.424. The number of carbonyl (C=O) groups excluding carboxylic acids is 2. The number of hydrogen-bond acceptors (Lipinski definition) is 6. The van der Waals surface area contributed by atoms with Crippen molar-refractivity contribution in [2.45, 2.75) is 51.9 Å². The van der Waals surface area contributed by atoms with E-state index < -0.39 is 11.9 Å². The molecule has 9 heteroatoms. The van der Waals surface area contributed by atoms with Crippen LogP contribution >= 0.6 is 11.3 Å². The summed E-state index contributed by atoms with van der Waals surface area (Å²) in [5.74, 6) is -0.425. The first-order valence-electron chi connectivity index (χ1n) is 14.9. The van der Waals surface area contributed by atoms with Crippen molar-refractivity contribution in [3.63, 3.8) is 0 Å². The second-order valence-corrected chi connectivity index (χ2v) is 12.6. The molecule has 0 bridgehead atoms. The van der Waals surface area contributed by atoms with Crippen molar-refractivity contribution < 1.29 is 19.5 Å². The highest BCUT2D eigenvalue weighted by Gasteiger charge is 2.40. The van der Waals surface area contributed by atoms with Crippen molar-refractivity contribution in [2.24, 2.45) is 23.7 Å². The minimum absolute atomic E-state index is 0.0232. The Morgan fingerprint density at radius 2 is 1.79 bits per heavy atom. The molecule has 4 heterocycles. The van der Waals surface area contributed by atoms with E-state index in [1.54, 1.807) is 16.0 Å². The summed E-state index contributed by atoms with van der Waals surface area (Å²) in [6.45, 7) is 3.01. The molecule has 1 saturated carbocycles. The summed E-state index contributed by atoms with van der Waals surface area (Å²) in [6, 6.07) is 11.8. The number of carbonyl (C=O) groups is 3. The average Bonchev–Trinajstić information content (AvgIpc) is 3.76. The zero-order valence-corrected chi connectivity index (χ0v) is 24.6. The minimum atomic E-state index is -0.933. The Morgan fingerprint density at radius 3 is 2.48 bits per heavy atom. The molecule has 42 heavy (non-hydrogen) atoms. The maximum Gasteiger partial charge on any atom is 0.304 e. The molecular weight excluding hydrogens is 548 g/mol. The fourth-order valence-electron chi connectivity index (χ4n) is 6.80. The van der Waals surface area contributed by atoms with Crippen molar-refractivity contribution in [1.29, 1.82) is 0 Å². The van der Waals surface area contributed by atoms with Gasteiger partial charge in [0.2, 0.25) is 11.8 Å². The molecule has 0 radical (unpaired) electrons. The summed E-state index contributed by atoms with van der Waals surface area (Å²) >= 11 is 1.40. The molecule has 8 nitrogen and oxygen atoms in total. The highest BCUT2D eigenvalue weighted by atomic mass is 32.1. The van der Waals surface area contributed by atoms with Gasteiger partial charge >= 0.3 is 5.97 Å². The van der Waals surface area contributed by atoms with Gasteiger partial charge in [-0.2, -0.15) is 0 Å². The maximum absolute atomic E-state index is 14.0. The van der Waals surface area contributed by atoms with Gasteiger partial charge in [-0.3, -0.25) is 24.2 Å². The summed E-state index contributed by atoms with van der Waals surface area (Å²) in [6.07, 6.45) is 11.8. The first kappa shape index (κ1) is 28.3. The number of pyridine rings is 1. The molecule has 1 N–H and O–H groups in total. The topological polar surface area (TPSA) is 104 Å². The number of aliphatic carboxylic acids is 1. The number of anilines is 2. The maximum atomic E-state index is 14.0. The zero-order chi connectivity index (χ0) is 29.2. The lowest BCUT2D eigenvalue weighted by atomic mass is 9.75. The summed E-state index contributed by atoms with van der Waals surface area (Å²) < 4.78 is 0. The number of thiazole rings is 1. The highest BCUT2D eigenvalue weighted by Crippen LogP contribution is 2.41. The van der Waals surface area contributed by atoms with E-state index >= 15 is 0 Å². The van der Waals surface area contributed by atoms with Crippen LogP contribution in [-0.2, 0) is 14.4 Å². The van der Waals surface area contributed by atoms with Crippen LogP contribution in [0.2, 0.25) is 0 Å². The zero-order valence-electron chi connectivity index (χ0n) is 23.8. The standard InChI is InChI=1S/C33H36N4O4S/c1-21-15-17-36(31(21)40)29-14-13-23(19-34-29)25-10-4-5-12-26(25)28-20-42-33(35-28)37-16-7-6-11-24(22-8-2-3-9-22)27(32(37)41)18-30(38)39/h4-7,10,12-14,19-22,24,27H,2-3,8-9,11,15-18H2,1H3,(H,38,39)/t21-,24-,27+/m1/s1. The SMILES string of the molecule is C[C@@H]1CCN(c2ccc(-c3ccccc3-c3csc(N4CC=CC[C@H](C5CCCC5)[C@H](CC(=O)O)C4=O)n3)cn2)C1=O. The van der Waals surface area contributed by atoms with Gasteiger partial charge in [0, 0.05) is 41.7 Å². The van der Waals surface area contributed by atoms with E-state index in [9.17, 15) is 19.5 Å². The smallest absolute Gasteiger partial charge is 0.304 e. The van der Waals surface area contributed by atoms with Gasteiger partial charge in [-0.15, -0.1) is 11.3 Å². The normalized spacial score (nSPS) is 23.4. The van der Waals surface area contributed by atoms with E-state index in [1.807, 2.05) is 54.8 Å². The number of rotatable bonds is 7. The third kappa shape index (κ3) is 5.62. The number of carboxylic acid groups (broad SMARTS) is 1. The number of allylic oxidation sites excluding steroid dienone is 1. The molecule has 1 aliphatic carbocycles. The number of hydrogen-bond donors (Lipinski definition) is 1. The molecule has 3 aliphatic rings. The largest absolute Gasteiger partial charge is 0.481 e. The van der Waals surface area contributed by atoms with E-state index in [4.69, 9.17) is 4.98 Å². The molecule has 218 valence electrons. The fourth-order valence-corrected chi connectivity index (χ4v) is 7.64. The summed E-state index contributed by atoms with van der Waals surface area (Å²) in [4.78, 5) is 51.3. The Hall–Kier alpha value is -3.85. The van der Waals surface area contributed by atoms with E-state index in [-0.39, 0.29) is 30.1 Å². The van der Waals surface area contributed by atoms with Gasteiger partial charge in [0.05, 0.1) is 18.0 Å². The van der Waals surface area contributed by atoms with Crippen LogP contribution in [0.3, 0.4) is 0 Å². The van der Waals surface area contributed by atoms with Crippen molar-refractivity contribution in [3.05, 3.63) is 60.1 Å². The second kappa shape index (κ2) is 12.2. The summed E-state index contributed by atoms with van der Waals surface area (Å²) in [7, 11) is 0. The van der Waals surface area contributed by atoms with Gasteiger partial charge in [0.1, 0.15) is 5.82 Å². The summed E-state index contributed by atoms with van der Waals surface area (Å²) in [5, 5.41) is 12.3. The molecule has 2 amide bonds. The van der Waals surface area contributed by atoms with E-state index in [1.165, 1.54) is 11.3 Å². The van der Waals surface area contributed by atoms with Crippen molar-refractivity contribution >= 4 is 40.1 Å². The molecule has 1 aromatic carbocycles. The van der Waals surface area contributed by atoms with Crippen LogP contribution in [0.5, 0.6) is 0 Å². The molecule has 6 rings (SSSR count). The Bertz CT molecular complexity index is 1490. The number of carboxylic acids is 1. The first-order chi connectivity index (χ1) is 20.4. The van der Waals surface area contributed by atoms with E-state index in [0.717, 1.165) is 60.9 Å². The van der Waals surface area contributed by atoms with Crippen molar-refractivity contribution in [3.8, 4) is 22.4 Å². The molecule has 0 unspecified atom stereocenters. The second-order valence-electron chi connectivity index (χ2n) is 11.7. The molecule has 1 saturated heterocycles. The van der Waals surface area contributed by atoms with Crippen LogP contribution in [0.25, 0.3) is 22.4 Å². The minimum Gasteiger partial charge on any atom is -0.481 e. The summed E-state index contributed by atoms with van der Waals surface area (Å²) in [5.41, 5.74) is 3.54. The van der Waals surface area contributed by atoms with Gasteiger partial charge < -0.3 is 5.11 Å². The van der Waals surface area contributed by atoms with Crippen molar-refractivity contribution in [1.82, 2.24) is 9.97 Å². The number of nitrogens with zero attached hydrogens (tertiary/aromatic N) is 4. The molecular formula is C33H36N4O4S. The number of benzene rings is 1. The number of amides is 2. The lowest BCUT2D eigenvalue weighted by Crippen LogP contribution is -2.43. The predicted molar refractivity (Wildman–Crippen MR) is 164 cm³/mol. The quantitative estimate of drug-likeness (QED) is 0.321. The van der Waals surface area contributed by atoms with Crippen LogP contribution in [0.15, 0.2) is 60.1 Å². The Morgan fingerprint density at radius 1 is 1.00 bits per heavy atom. The first-order valence-corrected chi connectivity index (χ1v) is 15.8. The van der Waals surface area contributed by atoms with Gasteiger partial charge in [0.15, 0.2) is 5.13 Å².